The summed E-state index contributed by atoms with van der Waals surface area (Å²) in [6.45, 7) is -0.0643. The zero-order valence-electron chi connectivity index (χ0n) is 10.6. The third-order valence-corrected chi connectivity index (χ3v) is 4.82. The van der Waals surface area contributed by atoms with Crippen LogP contribution < -0.4 is 10.5 Å². The van der Waals surface area contributed by atoms with Gasteiger partial charge in [-0.25, -0.2) is 17.2 Å². The maximum atomic E-state index is 13.4. The van der Waals surface area contributed by atoms with E-state index >= 15 is 0 Å². The Labute approximate surface area is 129 Å². The molecule has 0 saturated carbocycles. The van der Waals surface area contributed by atoms with Gasteiger partial charge in [0.15, 0.2) is 0 Å². The van der Waals surface area contributed by atoms with E-state index in [9.17, 15) is 17.2 Å². The topological polar surface area (TPSA) is 72.2 Å². The minimum atomic E-state index is -4.06. The third-order valence-electron chi connectivity index (χ3n) is 2.71. The molecule has 0 unspecified atom stereocenters. The fourth-order valence-corrected chi connectivity index (χ4v) is 3.28. The third kappa shape index (κ3) is 3.58. The number of sulfonamides is 1. The summed E-state index contributed by atoms with van der Waals surface area (Å²) in [7, 11) is -4.06. The summed E-state index contributed by atoms with van der Waals surface area (Å²) in [6, 6.07) is 7.06. The summed E-state index contributed by atoms with van der Waals surface area (Å²) in [5, 5.41) is 0. The van der Waals surface area contributed by atoms with Crippen LogP contribution in [0.1, 0.15) is 5.56 Å². The molecule has 0 atom stereocenters. The number of hydrogen-bond donors (Lipinski definition) is 2. The van der Waals surface area contributed by atoms with E-state index in [1.165, 1.54) is 18.2 Å². The minimum Gasteiger partial charge on any atom is -0.326 e. The second kappa shape index (κ2) is 6.08. The lowest BCUT2D eigenvalue weighted by atomic mass is 10.2. The zero-order chi connectivity index (χ0) is 15.6. The van der Waals surface area contributed by atoms with E-state index in [1.807, 2.05) is 0 Å². The molecule has 0 bridgehead atoms. The predicted octanol–water partition coefficient (Wildman–Crippen LogP) is 2.99. The van der Waals surface area contributed by atoms with Crippen LogP contribution in [0.25, 0.3) is 0 Å². The Hall–Kier alpha value is -1.51. The van der Waals surface area contributed by atoms with Crippen LogP contribution in [0, 0.1) is 11.6 Å². The van der Waals surface area contributed by atoms with Gasteiger partial charge in [-0.2, -0.15) is 0 Å². The lowest BCUT2D eigenvalue weighted by Crippen LogP contribution is -2.16. The van der Waals surface area contributed by atoms with Crippen molar-refractivity contribution in [2.24, 2.45) is 5.73 Å². The van der Waals surface area contributed by atoms with E-state index < -0.39 is 21.7 Å². The molecule has 0 aliphatic carbocycles. The van der Waals surface area contributed by atoms with Crippen molar-refractivity contribution in [3.05, 3.63) is 58.1 Å². The molecule has 2 rings (SSSR count). The van der Waals surface area contributed by atoms with Gasteiger partial charge in [-0.15, -0.1) is 0 Å². The van der Waals surface area contributed by atoms with Gasteiger partial charge in [0.2, 0.25) is 0 Å². The molecule has 0 amide bonds. The molecule has 0 spiro atoms. The van der Waals surface area contributed by atoms with Crippen molar-refractivity contribution in [3.63, 3.8) is 0 Å². The Kier molecular flexibility index (Phi) is 4.60. The first-order valence-corrected chi connectivity index (χ1v) is 8.07. The van der Waals surface area contributed by atoms with E-state index in [-0.39, 0.29) is 27.2 Å². The largest absolute Gasteiger partial charge is 0.326 e. The molecule has 0 aliphatic heterocycles. The maximum Gasteiger partial charge on any atom is 0.262 e. The molecule has 0 radical (unpaired) electrons. The molecule has 4 nitrogen and oxygen atoms in total. The van der Waals surface area contributed by atoms with Gasteiger partial charge in [0, 0.05) is 6.54 Å². The smallest absolute Gasteiger partial charge is 0.262 e. The average molecular weight is 377 g/mol. The van der Waals surface area contributed by atoms with Gasteiger partial charge >= 0.3 is 0 Å². The fraction of sp³-hybridized carbons (Fsp3) is 0.0769. The quantitative estimate of drug-likeness (QED) is 0.861. The van der Waals surface area contributed by atoms with Crippen molar-refractivity contribution in [3.8, 4) is 0 Å². The van der Waals surface area contributed by atoms with Gasteiger partial charge in [0.25, 0.3) is 10.0 Å². The molecule has 0 aliphatic rings. The van der Waals surface area contributed by atoms with Gasteiger partial charge in [-0.1, -0.05) is 6.07 Å². The average Bonchev–Trinajstić information content (AvgIpc) is 2.42. The summed E-state index contributed by atoms with van der Waals surface area (Å²) >= 11 is 2.97. The Morgan fingerprint density at radius 2 is 1.86 bits per heavy atom. The highest BCUT2D eigenvalue weighted by atomic mass is 79.9. The van der Waals surface area contributed by atoms with E-state index in [0.717, 1.165) is 18.2 Å². The Balaban J connectivity index is 2.42. The molecule has 21 heavy (non-hydrogen) atoms. The number of anilines is 1. The second-order valence-electron chi connectivity index (χ2n) is 4.19. The minimum absolute atomic E-state index is 0.0305. The normalized spacial score (nSPS) is 11.4. The lowest BCUT2D eigenvalue weighted by Gasteiger charge is -2.12. The van der Waals surface area contributed by atoms with Gasteiger partial charge < -0.3 is 5.73 Å². The van der Waals surface area contributed by atoms with Crippen LogP contribution >= 0.6 is 15.9 Å². The standard InChI is InChI=1S/C13H11BrF2N2O2S/c14-11-4-3-10(6-12(11)16)18-21(19,20)13-5-9(15)2-1-8(13)7-17/h1-6,18H,7,17H2. The highest BCUT2D eigenvalue weighted by Gasteiger charge is 2.19. The van der Waals surface area contributed by atoms with Crippen molar-refractivity contribution in [2.75, 3.05) is 4.72 Å². The van der Waals surface area contributed by atoms with E-state index in [1.54, 1.807) is 0 Å². The second-order valence-corrected chi connectivity index (χ2v) is 6.70. The molecule has 2 aromatic rings. The lowest BCUT2D eigenvalue weighted by molar-refractivity contribution is 0.593. The molecule has 112 valence electrons. The van der Waals surface area contributed by atoms with Crippen LogP contribution in [0.15, 0.2) is 45.8 Å². The zero-order valence-corrected chi connectivity index (χ0v) is 13.0. The first-order valence-electron chi connectivity index (χ1n) is 5.80. The van der Waals surface area contributed by atoms with Crippen molar-refractivity contribution >= 4 is 31.6 Å². The molecule has 3 N–H and O–H groups in total. The number of hydrogen-bond acceptors (Lipinski definition) is 3. The van der Waals surface area contributed by atoms with Gasteiger partial charge in [-0.05, 0) is 51.8 Å². The molecular formula is C13H11BrF2N2O2S. The van der Waals surface area contributed by atoms with Gasteiger partial charge in [0.05, 0.1) is 15.1 Å². The molecule has 0 heterocycles. The number of halogens is 3. The van der Waals surface area contributed by atoms with Crippen LogP contribution in [0.5, 0.6) is 0 Å². The Morgan fingerprint density at radius 1 is 1.14 bits per heavy atom. The summed E-state index contributed by atoms with van der Waals surface area (Å²) in [6.07, 6.45) is 0. The predicted molar refractivity (Wildman–Crippen MR) is 79.2 cm³/mol. The van der Waals surface area contributed by atoms with E-state index in [2.05, 4.69) is 20.7 Å². The number of nitrogens with two attached hydrogens (primary N) is 1. The van der Waals surface area contributed by atoms with Crippen molar-refractivity contribution in [1.29, 1.82) is 0 Å². The summed E-state index contributed by atoms with van der Waals surface area (Å²) in [4.78, 5) is -0.270. The molecule has 0 aromatic heterocycles. The van der Waals surface area contributed by atoms with Crippen LogP contribution in [0.3, 0.4) is 0 Å². The first-order chi connectivity index (χ1) is 9.83. The van der Waals surface area contributed by atoms with Crippen LogP contribution in [-0.2, 0) is 16.6 Å². The van der Waals surface area contributed by atoms with Crippen molar-refractivity contribution in [2.45, 2.75) is 11.4 Å². The molecule has 8 heteroatoms. The van der Waals surface area contributed by atoms with Crippen LogP contribution in [0.4, 0.5) is 14.5 Å². The van der Waals surface area contributed by atoms with Gasteiger partial charge in [-0.3, -0.25) is 4.72 Å². The first kappa shape index (κ1) is 15.9. The Bertz CT molecular complexity index is 782. The summed E-state index contributed by atoms with van der Waals surface area (Å²) in [5.74, 6) is -1.32. The number of benzene rings is 2. The number of rotatable bonds is 4. The fourth-order valence-electron chi connectivity index (χ4n) is 1.72. The molecule has 2 aromatic carbocycles. The van der Waals surface area contributed by atoms with Crippen molar-refractivity contribution in [1.82, 2.24) is 0 Å². The Morgan fingerprint density at radius 3 is 2.48 bits per heavy atom. The monoisotopic (exact) mass is 376 g/mol. The van der Waals surface area contributed by atoms with Gasteiger partial charge in [0.1, 0.15) is 11.6 Å². The number of nitrogens with one attached hydrogen (secondary N) is 1. The van der Waals surface area contributed by atoms with E-state index in [0.29, 0.717) is 0 Å². The molecule has 0 fully saturated rings. The highest BCUT2D eigenvalue weighted by molar-refractivity contribution is 9.10. The van der Waals surface area contributed by atoms with E-state index in [4.69, 9.17) is 5.73 Å². The SMILES string of the molecule is NCc1ccc(F)cc1S(=O)(=O)Nc1ccc(Br)c(F)c1. The van der Waals surface area contributed by atoms with Crippen LogP contribution in [-0.4, -0.2) is 8.42 Å². The maximum absolute atomic E-state index is 13.4. The van der Waals surface area contributed by atoms with Crippen LogP contribution in [0.2, 0.25) is 0 Å². The molecule has 0 saturated heterocycles. The highest BCUT2D eigenvalue weighted by Crippen LogP contribution is 2.23. The van der Waals surface area contributed by atoms with Crippen molar-refractivity contribution < 1.29 is 17.2 Å². The summed E-state index contributed by atoms with van der Waals surface area (Å²) in [5.41, 5.74) is 5.75. The summed E-state index contributed by atoms with van der Waals surface area (Å²) < 4.78 is 53.6. The molecular weight excluding hydrogens is 366 g/mol.